The summed E-state index contributed by atoms with van der Waals surface area (Å²) >= 11 is 17.9. The van der Waals surface area contributed by atoms with Crippen molar-refractivity contribution in [1.29, 1.82) is 0 Å². The van der Waals surface area contributed by atoms with Gasteiger partial charge in [-0.1, -0.05) is 34.8 Å². The topological polar surface area (TPSA) is 24.4 Å². The van der Waals surface area contributed by atoms with Gasteiger partial charge in [-0.2, -0.15) is 5.10 Å². The van der Waals surface area contributed by atoms with Gasteiger partial charge < -0.3 is 0 Å². The smallest absolute Gasteiger partial charge is 0.123 e. The standard InChI is InChI=1S/C13H8Cl3FN2/c14-11-5-6-12(15)13(16)10(11)7-18-19-9-3-1-8(17)2-4-9/h1-7,19H/b18-7+. The number of anilines is 1. The van der Waals surface area contributed by atoms with Gasteiger partial charge in [-0.3, -0.25) is 5.43 Å². The van der Waals surface area contributed by atoms with Crippen LogP contribution in [0.1, 0.15) is 5.56 Å². The van der Waals surface area contributed by atoms with Crippen molar-refractivity contribution in [2.24, 2.45) is 5.10 Å². The molecular weight excluding hydrogens is 310 g/mol. The molecule has 0 fully saturated rings. The Morgan fingerprint density at radius 1 is 0.947 bits per heavy atom. The van der Waals surface area contributed by atoms with E-state index < -0.39 is 0 Å². The van der Waals surface area contributed by atoms with Gasteiger partial charge in [-0.15, -0.1) is 0 Å². The minimum absolute atomic E-state index is 0.310. The van der Waals surface area contributed by atoms with Gasteiger partial charge >= 0.3 is 0 Å². The second-order valence-corrected chi connectivity index (χ2v) is 4.83. The third-order valence-corrected chi connectivity index (χ3v) is 3.46. The predicted octanol–water partition coefficient (Wildman–Crippen LogP) is 5.23. The Bertz CT molecular complexity index is 612. The number of hydrogen-bond donors (Lipinski definition) is 1. The molecule has 0 amide bonds. The number of rotatable bonds is 3. The lowest BCUT2D eigenvalue weighted by molar-refractivity contribution is 0.628. The SMILES string of the molecule is Fc1ccc(N/N=C/c2c(Cl)ccc(Cl)c2Cl)cc1. The maximum Gasteiger partial charge on any atom is 0.123 e. The van der Waals surface area contributed by atoms with Gasteiger partial charge in [0.1, 0.15) is 5.82 Å². The van der Waals surface area contributed by atoms with Crippen molar-refractivity contribution in [3.8, 4) is 0 Å². The van der Waals surface area contributed by atoms with E-state index in [4.69, 9.17) is 34.8 Å². The highest BCUT2D eigenvalue weighted by Gasteiger charge is 2.07. The van der Waals surface area contributed by atoms with E-state index in [9.17, 15) is 4.39 Å². The Kier molecular flexibility index (Phi) is 4.64. The van der Waals surface area contributed by atoms with Gasteiger partial charge in [0, 0.05) is 5.56 Å². The summed E-state index contributed by atoms with van der Waals surface area (Å²) in [6.45, 7) is 0. The molecule has 2 nitrogen and oxygen atoms in total. The van der Waals surface area contributed by atoms with Crippen LogP contribution in [0.2, 0.25) is 15.1 Å². The highest BCUT2D eigenvalue weighted by atomic mass is 35.5. The zero-order valence-electron chi connectivity index (χ0n) is 9.50. The molecule has 1 N–H and O–H groups in total. The van der Waals surface area contributed by atoms with Gasteiger partial charge in [0.05, 0.1) is 27.0 Å². The quantitative estimate of drug-likeness (QED) is 0.468. The Hall–Kier alpha value is -1.29. The number of benzene rings is 2. The maximum atomic E-state index is 12.7. The minimum atomic E-state index is -0.310. The Morgan fingerprint density at radius 2 is 1.58 bits per heavy atom. The van der Waals surface area contributed by atoms with E-state index in [2.05, 4.69) is 10.5 Å². The molecule has 0 atom stereocenters. The summed E-state index contributed by atoms with van der Waals surface area (Å²) in [5.74, 6) is -0.310. The van der Waals surface area contributed by atoms with E-state index in [1.54, 1.807) is 24.3 Å². The summed E-state index contributed by atoms with van der Waals surface area (Å²) in [6.07, 6.45) is 1.46. The van der Waals surface area contributed by atoms with Gasteiger partial charge in [0.25, 0.3) is 0 Å². The zero-order valence-corrected chi connectivity index (χ0v) is 11.8. The van der Waals surface area contributed by atoms with Crippen LogP contribution in [0.3, 0.4) is 0 Å². The first-order valence-corrected chi connectivity index (χ1v) is 6.39. The average molecular weight is 318 g/mol. The first-order chi connectivity index (χ1) is 9.08. The second-order valence-electron chi connectivity index (χ2n) is 3.63. The molecule has 0 aliphatic carbocycles. The molecule has 6 heteroatoms. The molecule has 2 rings (SSSR count). The summed E-state index contributed by atoms with van der Waals surface area (Å²) in [6, 6.07) is 9.03. The molecule has 0 saturated heterocycles. The van der Waals surface area contributed by atoms with E-state index in [1.165, 1.54) is 18.3 Å². The zero-order chi connectivity index (χ0) is 13.8. The molecule has 98 valence electrons. The lowest BCUT2D eigenvalue weighted by Crippen LogP contribution is -1.92. The molecule has 0 aliphatic rings. The lowest BCUT2D eigenvalue weighted by Gasteiger charge is -2.04. The van der Waals surface area contributed by atoms with Crippen molar-refractivity contribution in [1.82, 2.24) is 0 Å². The van der Waals surface area contributed by atoms with Crippen molar-refractivity contribution < 1.29 is 4.39 Å². The van der Waals surface area contributed by atoms with Crippen LogP contribution in [0.5, 0.6) is 0 Å². The maximum absolute atomic E-state index is 12.7. The highest BCUT2D eigenvalue weighted by molar-refractivity contribution is 6.45. The van der Waals surface area contributed by atoms with Crippen LogP contribution in [0.4, 0.5) is 10.1 Å². The van der Waals surface area contributed by atoms with Gasteiger partial charge in [-0.25, -0.2) is 4.39 Å². The fourth-order valence-electron chi connectivity index (χ4n) is 1.36. The molecule has 0 aromatic heterocycles. The van der Waals surface area contributed by atoms with Crippen LogP contribution < -0.4 is 5.43 Å². The summed E-state index contributed by atoms with van der Waals surface area (Å²) in [7, 11) is 0. The van der Waals surface area contributed by atoms with Crippen LogP contribution in [0.15, 0.2) is 41.5 Å². The van der Waals surface area contributed by atoms with E-state index in [0.717, 1.165) is 0 Å². The number of nitrogens with zero attached hydrogens (tertiary/aromatic N) is 1. The second kappa shape index (κ2) is 6.24. The molecule has 0 saturated carbocycles. The van der Waals surface area contributed by atoms with Crippen LogP contribution in [-0.2, 0) is 0 Å². The van der Waals surface area contributed by atoms with Gasteiger partial charge in [0.15, 0.2) is 0 Å². The molecule has 0 heterocycles. The van der Waals surface area contributed by atoms with Crippen molar-refractivity contribution in [3.05, 3.63) is 62.8 Å². The first kappa shape index (κ1) is 14.1. The van der Waals surface area contributed by atoms with E-state index in [0.29, 0.717) is 26.3 Å². The van der Waals surface area contributed by atoms with Crippen LogP contribution in [-0.4, -0.2) is 6.21 Å². The molecule has 0 aliphatic heterocycles. The third-order valence-electron chi connectivity index (χ3n) is 2.31. The van der Waals surface area contributed by atoms with Crippen LogP contribution in [0.25, 0.3) is 0 Å². The van der Waals surface area contributed by atoms with E-state index in [-0.39, 0.29) is 5.82 Å². The molecule has 2 aromatic carbocycles. The first-order valence-electron chi connectivity index (χ1n) is 5.26. The molecule has 0 radical (unpaired) electrons. The molecular formula is C13H8Cl3FN2. The molecule has 0 bridgehead atoms. The number of hydrogen-bond acceptors (Lipinski definition) is 2. The van der Waals surface area contributed by atoms with E-state index in [1.807, 2.05) is 0 Å². The monoisotopic (exact) mass is 316 g/mol. The average Bonchev–Trinajstić information content (AvgIpc) is 2.40. The lowest BCUT2D eigenvalue weighted by atomic mass is 10.2. The fourth-order valence-corrected chi connectivity index (χ4v) is 1.99. The fraction of sp³-hybridized carbons (Fsp3) is 0. The third kappa shape index (κ3) is 3.60. The number of nitrogens with one attached hydrogen (secondary N) is 1. The summed E-state index contributed by atoms with van der Waals surface area (Å²) in [4.78, 5) is 0. The molecule has 19 heavy (non-hydrogen) atoms. The Labute approximate surface area is 124 Å². The summed E-state index contributed by atoms with van der Waals surface area (Å²) in [5.41, 5.74) is 3.90. The van der Waals surface area contributed by atoms with Crippen LogP contribution >= 0.6 is 34.8 Å². The largest absolute Gasteiger partial charge is 0.278 e. The Morgan fingerprint density at radius 3 is 2.26 bits per heavy atom. The van der Waals surface area contributed by atoms with Crippen LogP contribution in [0, 0.1) is 5.82 Å². The molecule has 0 spiro atoms. The molecule has 0 unspecified atom stereocenters. The molecule has 2 aromatic rings. The van der Waals surface area contributed by atoms with Gasteiger partial charge in [-0.05, 0) is 36.4 Å². The normalized spacial score (nSPS) is 10.9. The highest BCUT2D eigenvalue weighted by Crippen LogP contribution is 2.30. The summed E-state index contributed by atoms with van der Waals surface area (Å²) < 4.78 is 12.7. The predicted molar refractivity (Wildman–Crippen MR) is 79.1 cm³/mol. The number of halogens is 4. The van der Waals surface area contributed by atoms with E-state index >= 15 is 0 Å². The van der Waals surface area contributed by atoms with Crippen molar-refractivity contribution in [2.45, 2.75) is 0 Å². The Balaban J connectivity index is 2.15. The van der Waals surface area contributed by atoms with Crippen molar-refractivity contribution >= 4 is 46.7 Å². The van der Waals surface area contributed by atoms with Crippen molar-refractivity contribution in [2.75, 3.05) is 5.43 Å². The summed E-state index contributed by atoms with van der Waals surface area (Å²) in [5, 5.41) is 5.15. The minimum Gasteiger partial charge on any atom is -0.278 e. The number of hydrazone groups is 1. The van der Waals surface area contributed by atoms with Crippen molar-refractivity contribution in [3.63, 3.8) is 0 Å². The van der Waals surface area contributed by atoms with Gasteiger partial charge in [0.2, 0.25) is 0 Å².